The van der Waals surface area contributed by atoms with E-state index in [4.69, 9.17) is 14.2 Å². The van der Waals surface area contributed by atoms with Crippen LogP contribution in [0.4, 0.5) is 0 Å². The molecule has 2 atom stereocenters. The average Bonchev–Trinajstić information content (AvgIpc) is 2.97. The lowest BCUT2D eigenvalue weighted by Crippen LogP contribution is -2.24. The first-order valence-corrected chi connectivity index (χ1v) is 7.22. The predicted octanol–water partition coefficient (Wildman–Crippen LogP) is 2.32. The fourth-order valence-corrected chi connectivity index (χ4v) is 2.52. The van der Waals surface area contributed by atoms with Crippen molar-refractivity contribution in [3.05, 3.63) is 29.3 Å². The summed E-state index contributed by atoms with van der Waals surface area (Å²) in [4.78, 5) is 0. The quantitative estimate of drug-likeness (QED) is 0.831. The second-order valence-electron chi connectivity index (χ2n) is 5.35. The third-order valence-corrected chi connectivity index (χ3v) is 3.77. The largest absolute Gasteiger partial charge is 0.496 e. The molecule has 0 amide bonds. The van der Waals surface area contributed by atoms with Crippen LogP contribution in [0.1, 0.15) is 23.6 Å². The zero-order chi connectivity index (χ0) is 14.4. The monoisotopic (exact) mass is 279 g/mol. The predicted molar refractivity (Wildman–Crippen MR) is 79.3 cm³/mol. The molecule has 1 heterocycles. The molecule has 0 spiro atoms. The number of likely N-dealkylation sites (N-methyl/N-ethyl adjacent to an activating group) is 1. The van der Waals surface area contributed by atoms with Crippen molar-refractivity contribution in [1.29, 1.82) is 0 Å². The Bertz CT molecular complexity index is 416. The second kappa shape index (κ2) is 7.62. The van der Waals surface area contributed by atoms with Crippen molar-refractivity contribution < 1.29 is 14.2 Å². The lowest BCUT2D eigenvalue weighted by molar-refractivity contribution is 0.0753. The maximum atomic E-state index is 5.87. The molecule has 0 aromatic heterocycles. The first kappa shape index (κ1) is 15.3. The van der Waals surface area contributed by atoms with Gasteiger partial charge in [0, 0.05) is 18.1 Å². The molecule has 1 saturated heterocycles. The van der Waals surface area contributed by atoms with Crippen LogP contribution in [0.3, 0.4) is 0 Å². The number of hydrogen-bond acceptors (Lipinski definition) is 4. The molecular weight excluding hydrogens is 254 g/mol. The molecule has 4 nitrogen and oxygen atoms in total. The van der Waals surface area contributed by atoms with E-state index in [0.29, 0.717) is 12.5 Å². The first-order chi connectivity index (χ1) is 9.74. The summed E-state index contributed by atoms with van der Waals surface area (Å²) >= 11 is 0. The van der Waals surface area contributed by atoms with Crippen LogP contribution in [0.25, 0.3) is 0 Å². The van der Waals surface area contributed by atoms with Crippen LogP contribution >= 0.6 is 0 Å². The van der Waals surface area contributed by atoms with Crippen molar-refractivity contribution in [2.75, 3.05) is 40.6 Å². The van der Waals surface area contributed by atoms with Crippen LogP contribution in [0.5, 0.6) is 5.75 Å². The van der Waals surface area contributed by atoms with Gasteiger partial charge in [0.25, 0.3) is 0 Å². The highest BCUT2D eigenvalue weighted by atomic mass is 16.5. The Morgan fingerprint density at radius 2 is 2.30 bits per heavy atom. The van der Waals surface area contributed by atoms with E-state index in [0.717, 1.165) is 37.6 Å². The van der Waals surface area contributed by atoms with Gasteiger partial charge in [0.05, 0.1) is 33.0 Å². The van der Waals surface area contributed by atoms with Crippen LogP contribution in [-0.4, -0.2) is 40.6 Å². The van der Waals surface area contributed by atoms with Crippen molar-refractivity contribution in [2.45, 2.75) is 19.4 Å². The summed E-state index contributed by atoms with van der Waals surface area (Å²) in [7, 11) is 3.66. The Balaban J connectivity index is 1.94. The number of benzene rings is 1. The summed E-state index contributed by atoms with van der Waals surface area (Å²) in [5, 5.41) is 3.31. The molecule has 4 heteroatoms. The Kier molecular flexibility index (Phi) is 5.83. The smallest absolute Gasteiger partial charge is 0.123 e. The number of aryl methyl sites for hydroxylation is 1. The molecule has 0 bridgehead atoms. The van der Waals surface area contributed by atoms with Crippen LogP contribution in [0.15, 0.2) is 18.2 Å². The average molecular weight is 279 g/mol. The summed E-state index contributed by atoms with van der Waals surface area (Å²) in [6, 6.07) is 6.38. The summed E-state index contributed by atoms with van der Waals surface area (Å²) in [6.07, 6.45) is 1.11. The van der Waals surface area contributed by atoms with E-state index < -0.39 is 0 Å². The Hall–Kier alpha value is -1.10. The maximum absolute atomic E-state index is 5.87. The van der Waals surface area contributed by atoms with Gasteiger partial charge in [-0.1, -0.05) is 17.7 Å². The van der Waals surface area contributed by atoms with E-state index in [1.54, 1.807) is 7.11 Å². The minimum atomic E-state index is 0.146. The third kappa shape index (κ3) is 3.95. The van der Waals surface area contributed by atoms with Crippen LogP contribution in [0, 0.1) is 12.8 Å². The highest BCUT2D eigenvalue weighted by Gasteiger charge is 2.18. The molecule has 0 radical (unpaired) electrons. The van der Waals surface area contributed by atoms with Crippen molar-refractivity contribution in [2.24, 2.45) is 5.92 Å². The molecule has 1 aromatic rings. The standard InChI is InChI=1S/C16H25NO3/c1-12-4-5-16(18-3)14(8-12)15(17-2)11-20-10-13-6-7-19-9-13/h4-5,8,13,15,17H,6-7,9-11H2,1-3H3. The van der Waals surface area contributed by atoms with Gasteiger partial charge < -0.3 is 19.5 Å². The van der Waals surface area contributed by atoms with Gasteiger partial charge >= 0.3 is 0 Å². The first-order valence-electron chi connectivity index (χ1n) is 7.22. The molecular formula is C16H25NO3. The molecule has 1 aliphatic heterocycles. The van der Waals surface area contributed by atoms with Gasteiger partial charge in [-0.3, -0.25) is 0 Å². The van der Waals surface area contributed by atoms with Gasteiger partial charge in [-0.15, -0.1) is 0 Å². The molecule has 1 fully saturated rings. The molecule has 1 N–H and O–H groups in total. The van der Waals surface area contributed by atoms with Gasteiger partial charge in [-0.25, -0.2) is 0 Å². The normalized spacial score (nSPS) is 20.1. The van der Waals surface area contributed by atoms with Gasteiger partial charge in [0.1, 0.15) is 5.75 Å². The van der Waals surface area contributed by atoms with E-state index in [1.165, 1.54) is 5.56 Å². The molecule has 2 unspecified atom stereocenters. The lowest BCUT2D eigenvalue weighted by Gasteiger charge is -2.21. The highest BCUT2D eigenvalue weighted by Crippen LogP contribution is 2.26. The molecule has 1 aliphatic rings. The van der Waals surface area contributed by atoms with E-state index in [9.17, 15) is 0 Å². The SMILES string of the molecule is CNC(COCC1CCOC1)c1cc(C)ccc1OC. The zero-order valence-electron chi connectivity index (χ0n) is 12.6. The number of rotatable bonds is 7. The number of ether oxygens (including phenoxy) is 3. The maximum Gasteiger partial charge on any atom is 0.123 e. The summed E-state index contributed by atoms with van der Waals surface area (Å²) in [6.45, 7) is 5.21. The fraction of sp³-hybridized carbons (Fsp3) is 0.625. The summed E-state index contributed by atoms with van der Waals surface area (Å²) in [5.74, 6) is 1.45. The van der Waals surface area contributed by atoms with Crippen molar-refractivity contribution in [3.8, 4) is 5.75 Å². The summed E-state index contributed by atoms with van der Waals surface area (Å²) < 4.78 is 16.7. The number of methoxy groups -OCH3 is 1. The van der Waals surface area contributed by atoms with E-state index in [2.05, 4.69) is 24.4 Å². The fourth-order valence-electron chi connectivity index (χ4n) is 2.52. The van der Waals surface area contributed by atoms with E-state index >= 15 is 0 Å². The lowest BCUT2D eigenvalue weighted by atomic mass is 10.0. The number of nitrogens with one attached hydrogen (secondary N) is 1. The number of hydrogen-bond donors (Lipinski definition) is 1. The minimum Gasteiger partial charge on any atom is -0.496 e. The molecule has 112 valence electrons. The topological polar surface area (TPSA) is 39.7 Å². The van der Waals surface area contributed by atoms with Crippen LogP contribution < -0.4 is 10.1 Å². The molecule has 1 aromatic carbocycles. The van der Waals surface area contributed by atoms with Gasteiger partial charge in [-0.2, -0.15) is 0 Å². The van der Waals surface area contributed by atoms with E-state index in [1.807, 2.05) is 13.1 Å². The zero-order valence-corrected chi connectivity index (χ0v) is 12.6. The summed E-state index contributed by atoms with van der Waals surface area (Å²) in [5.41, 5.74) is 2.38. The minimum absolute atomic E-state index is 0.146. The molecule has 2 rings (SSSR count). The molecule has 20 heavy (non-hydrogen) atoms. The van der Waals surface area contributed by atoms with Crippen LogP contribution in [0.2, 0.25) is 0 Å². The Labute approximate surface area is 121 Å². The highest BCUT2D eigenvalue weighted by molar-refractivity contribution is 5.39. The third-order valence-electron chi connectivity index (χ3n) is 3.77. The van der Waals surface area contributed by atoms with Gasteiger partial charge in [-0.05, 0) is 26.5 Å². The molecule has 0 saturated carbocycles. The van der Waals surface area contributed by atoms with Crippen molar-refractivity contribution in [1.82, 2.24) is 5.32 Å². The van der Waals surface area contributed by atoms with Gasteiger partial charge in [0.2, 0.25) is 0 Å². The Morgan fingerprint density at radius 3 is 2.95 bits per heavy atom. The Morgan fingerprint density at radius 1 is 1.45 bits per heavy atom. The van der Waals surface area contributed by atoms with Gasteiger partial charge in [0.15, 0.2) is 0 Å². The van der Waals surface area contributed by atoms with Crippen molar-refractivity contribution >= 4 is 0 Å². The second-order valence-corrected chi connectivity index (χ2v) is 5.35. The molecule has 0 aliphatic carbocycles. The van der Waals surface area contributed by atoms with E-state index in [-0.39, 0.29) is 6.04 Å². The van der Waals surface area contributed by atoms with Crippen LogP contribution in [-0.2, 0) is 9.47 Å². The van der Waals surface area contributed by atoms with Crippen molar-refractivity contribution in [3.63, 3.8) is 0 Å².